The van der Waals surface area contributed by atoms with Crippen LogP contribution >= 0.6 is 56.9 Å². The molecule has 7 fully saturated rings. The smallest absolute Gasteiger partial charge is 0.152 e. The highest BCUT2D eigenvalue weighted by molar-refractivity contribution is 8.79. The maximum Gasteiger partial charge on any atom is 0.152 e. The SMILES string of the molecule is C1CNC1.C1COC1.C1COO1.C1CSC1.C1CSS1.C1OCO1.C1SCS1. The Kier molecular flexibility index (Phi) is 24.4. The molecule has 0 bridgehead atoms. The van der Waals surface area contributed by atoms with Crippen molar-refractivity contribution in [1.29, 1.82) is 0 Å². The lowest BCUT2D eigenvalue weighted by atomic mass is 10.3. The van der Waals surface area contributed by atoms with Crippen molar-refractivity contribution in [3.05, 3.63) is 0 Å². The van der Waals surface area contributed by atoms with Crippen LogP contribution in [-0.4, -0.2) is 86.3 Å². The molecule has 7 heterocycles. The first kappa shape index (κ1) is 27.5. The van der Waals surface area contributed by atoms with Gasteiger partial charge in [-0.1, -0.05) is 21.6 Å². The summed E-state index contributed by atoms with van der Waals surface area (Å²) in [5.74, 6) is 5.59. The molecule has 11 heteroatoms. The molecular weight excluding hydrogens is 459 g/mol. The lowest BCUT2D eigenvalue weighted by Gasteiger charge is -2.10. The monoisotopic (exact) mass is 493 g/mol. The Labute approximate surface area is 191 Å². The number of ether oxygens (including phenoxy) is 3. The molecule has 1 N–H and O–H groups in total. The van der Waals surface area contributed by atoms with Crippen LogP contribution in [0, 0.1) is 0 Å². The Morgan fingerprint density at radius 2 is 0.786 bits per heavy atom. The maximum absolute atomic E-state index is 4.72. The second kappa shape index (κ2) is 24.8. The van der Waals surface area contributed by atoms with E-state index in [2.05, 4.69) is 24.6 Å². The highest BCUT2D eigenvalue weighted by atomic mass is 33.1. The molecule has 0 unspecified atom stereocenters. The average molecular weight is 494 g/mol. The molecule has 0 aromatic heterocycles. The summed E-state index contributed by atoms with van der Waals surface area (Å²) >= 11 is 6.04. The van der Waals surface area contributed by atoms with Gasteiger partial charge >= 0.3 is 0 Å². The van der Waals surface area contributed by atoms with Crippen molar-refractivity contribution in [2.24, 2.45) is 0 Å². The lowest BCUT2D eigenvalue weighted by Crippen LogP contribution is -2.29. The molecule has 7 rings (SSSR count). The van der Waals surface area contributed by atoms with Crippen molar-refractivity contribution in [3.8, 4) is 0 Å². The van der Waals surface area contributed by atoms with E-state index >= 15 is 0 Å². The first-order valence-electron chi connectivity index (χ1n) is 9.66. The lowest BCUT2D eigenvalue weighted by molar-refractivity contribution is -0.382. The van der Waals surface area contributed by atoms with Crippen molar-refractivity contribution in [1.82, 2.24) is 5.32 Å². The van der Waals surface area contributed by atoms with Gasteiger partial charge in [0.15, 0.2) is 13.6 Å². The van der Waals surface area contributed by atoms with Gasteiger partial charge in [0.1, 0.15) is 13.2 Å². The molecule has 0 amide bonds. The summed E-state index contributed by atoms with van der Waals surface area (Å²) in [5.41, 5.74) is 0. The van der Waals surface area contributed by atoms with E-state index in [4.69, 9.17) is 4.74 Å². The summed E-state index contributed by atoms with van der Waals surface area (Å²) in [6, 6.07) is 0. The van der Waals surface area contributed by atoms with E-state index in [1.54, 1.807) is 0 Å². The van der Waals surface area contributed by atoms with Crippen molar-refractivity contribution in [3.63, 3.8) is 0 Å². The molecule has 6 nitrogen and oxygen atoms in total. The van der Waals surface area contributed by atoms with E-state index in [9.17, 15) is 0 Å². The van der Waals surface area contributed by atoms with Crippen LogP contribution in [0.5, 0.6) is 0 Å². The number of hydrogen-bond acceptors (Lipinski definition) is 11. The molecule has 0 aromatic carbocycles. The highest BCUT2D eigenvalue weighted by Gasteiger charge is 1.97. The molecular formula is C17H35NO5S5. The van der Waals surface area contributed by atoms with Crippen LogP contribution in [0.4, 0.5) is 0 Å². The van der Waals surface area contributed by atoms with Crippen molar-refractivity contribution >= 4 is 56.9 Å². The molecule has 0 radical (unpaired) electrons. The van der Waals surface area contributed by atoms with Crippen molar-refractivity contribution in [2.75, 3.05) is 86.3 Å². The topological polar surface area (TPSA) is 58.2 Å². The standard InChI is InChI=1S/C3H7N.C3H6O.C3H6S.2C2H4O2.2C2H4S2/c3*1-2-4-3-1;1-3-2-4-1;1-2-4-3-1;1-3-2-4-1;1-2-4-3-1/h4H,1-3H2;2*1-3H2;4*1-2H2. The predicted molar refractivity (Wildman–Crippen MR) is 129 cm³/mol. The first-order chi connectivity index (χ1) is 14.0. The normalized spacial score (nSPS) is 24.0. The maximum atomic E-state index is 4.72. The molecule has 168 valence electrons. The third kappa shape index (κ3) is 22.2. The highest BCUT2D eigenvalue weighted by Crippen LogP contribution is 2.31. The average Bonchev–Trinajstić information content (AvgIpc) is 2.06. The van der Waals surface area contributed by atoms with Gasteiger partial charge in [-0.2, -0.15) is 11.8 Å². The molecule has 7 aliphatic heterocycles. The van der Waals surface area contributed by atoms with Gasteiger partial charge in [0.2, 0.25) is 0 Å². The Balaban J connectivity index is 0.000000163. The van der Waals surface area contributed by atoms with E-state index in [1.807, 2.05) is 56.9 Å². The Morgan fingerprint density at radius 3 is 0.786 bits per heavy atom. The first-order valence-corrected chi connectivity index (χ1v) is 15.6. The van der Waals surface area contributed by atoms with Crippen molar-refractivity contribution in [2.45, 2.75) is 19.3 Å². The van der Waals surface area contributed by atoms with Crippen LogP contribution in [0.25, 0.3) is 0 Å². The third-order valence-corrected chi connectivity index (χ3v) is 9.68. The minimum atomic E-state index is 0.500. The van der Waals surface area contributed by atoms with Crippen LogP contribution in [0.3, 0.4) is 0 Å². The van der Waals surface area contributed by atoms with E-state index < -0.39 is 0 Å². The van der Waals surface area contributed by atoms with Gasteiger partial charge in [0.25, 0.3) is 0 Å². The van der Waals surface area contributed by atoms with Gasteiger partial charge in [-0.15, -0.1) is 23.5 Å². The van der Waals surface area contributed by atoms with Crippen LogP contribution < -0.4 is 5.32 Å². The number of rotatable bonds is 0. The molecule has 0 aromatic rings. The Bertz CT molecular complexity index is 177. The molecule has 7 aliphatic rings. The molecule has 0 aliphatic carbocycles. The van der Waals surface area contributed by atoms with E-state index in [1.165, 1.54) is 65.5 Å². The zero-order valence-electron chi connectivity index (χ0n) is 16.6. The fourth-order valence-corrected chi connectivity index (χ4v) is 2.42. The van der Waals surface area contributed by atoms with E-state index in [-0.39, 0.29) is 0 Å². The molecule has 0 atom stereocenters. The summed E-state index contributed by atoms with van der Waals surface area (Å²) in [7, 11) is 3.91. The van der Waals surface area contributed by atoms with Crippen LogP contribution in [0.1, 0.15) is 19.3 Å². The van der Waals surface area contributed by atoms with Gasteiger partial charge in [0, 0.05) is 34.9 Å². The zero-order valence-corrected chi connectivity index (χ0v) is 20.7. The van der Waals surface area contributed by atoms with Gasteiger partial charge in [-0.05, 0) is 43.9 Å². The molecule has 0 spiro atoms. The molecule has 28 heavy (non-hydrogen) atoms. The van der Waals surface area contributed by atoms with Gasteiger partial charge in [-0.3, -0.25) is 0 Å². The fourth-order valence-electron chi connectivity index (χ4n) is 0.799. The summed E-state index contributed by atoms with van der Waals surface area (Å²) in [4.78, 5) is 8.44. The third-order valence-electron chi connectivity index (χ3n) is 3.20. The minimum absolute atomic E-state index is 0.500. The van der Waals surface area contributed by atoms with Gasteiger partial charge in [-0.25, -0.2) is 9.78 Å². The summed E-state index contributed by atoms with van der Waals surface area (Å²) in [5, 5.41) is 5.78. The van der Waals surface area contributed by atoms with Gasteiger partial charge < -0.3 is 19.5 Å². The molecule has 0 saturated carbocycles. The number of nitrogens with one attached hydrogen (secondary N) is 1. The second-order valence-corrected chi connectivity index (χ2v) is 12.2. The summed E-state index contributed by atoms with van der Waals surface area (Å²) in [6.07, 6.45) is 4.13. The quantitative estimate of drug-likeness (QED) is 0.391. The largest absolute Gasteiger partial charge is 0.381 e. The predicted octanol–water partition coefficient (Wildman–Crippen LogP) is 4.17. The summed E-state index contributed by atoms with van der Waals surface area (Å²) in [6.45, 7) is 7.06. The van der Waals surface area contributed by atoms with E-state index in [0.29, 0.717) is 13.6 Å². The van der Waals surface area contributed by atoms with Crippen LogP contribution in [0.2, 0.25) is 0 Å². The number of hydrogen-bond donors (Lipinski definition) is 1. The van der Waals surface area contributed by atoms with Crippen LogP contribution in [-0.2, 0) is 24.0 Å². The van der Waals surface area contributed by atoms with E-state index in [0.717, 1.165) is 26.4 Å². The Morgan fingerprint density at radius 1 is 0.536 bits per heavy atom. The molecule has 7 saturated heterocycles. The second-order valence-electron chi connectivity index (χ2n) is 5.61. The van der Waals surface area contributed by atoms with Gasteiger partial charge in [0.05, 0.1) is 0 Å². The number of thioether (sulfide) groups is 3. The zero-order chi connectivity index (χ0) is 19.8. The minimum Gasteiger partial charge on any atom is -0.381 e. The fraction of sp³-hybridized carbons (Fsp3) is 1.00. The summed E-state index contributed by atoms with van der Waals surface area (Å²) < 4.78 is 13.7. The van der Waals surface area contributed by atoms with Crippen molar-refractivity contribution < 1.29 is 24.0 Å². The van der Waals surface area contributed by atoms with Crippen LogP contribution in [0.15, 0.2) is 0 Å². The Hall–Kier alpha value is 1.51.